The number of amides is 1. The van der Waals surface area contributed by atoms with Gasteiger partial charge in [0.2, 0.25) is 5.91 Å². The fraction of sp³-hybridized carbons (Fsp3) is 0.333. The van der Waals surface area contributed by atoms with E-state index in [9.17, 15) is 9.59 Å². The number of hydrogen-bond acceptors (Lipinski definition) is 3. The van der Waals surface area contributed by atoms with Crippen LogP contribution in [0.3, 0.4) is 0 Å². The zero-order chi connectivity index (χ0) is 15.0. The highest BCUT2D eigenvalue weighted by molar-refractivity contribution is 6.30. The van der Waals surface area contributed by atoms with Gasteiger partial charge < -0.3 is 10.1 Å². The Balaban J connectivity index is 2.43. The average molecular weight is 296 g/mol. The van der Waals surface area contributed by atoms with E-state index >= 15 is 0 Å². The summed E-state index contributed by atoms with van der Waals surface area (Å²) in [5.74, 6) is -0.912. The molecule has 0 aliphatic carbocycles. The Morgan fingerprint density at radius 1 is 1.30 bits per heavy atom. The lowest BCUT2D eigenvalue weighted by Crippen LogP contribution is -2.14. The second kappa shape index (κ2) is 8.38. The summed E-state index contributed by atoms with van der Waals surface area (Å²) in [6, 6.07) is 6.69. The largest absolute Gasteiger partial charge is 0.460 e. The molecule has 1 aromatic carbocycles. The second-order valence-corrected chi connectivity index (χ2v) is 4.80. The molecule has 0 aromatic heterocycles. The number of ether oxygens (including phenoxy) is 1. The number of rotatable bonds is 6. The lowest BCUT2D eigenvalue weighted by molar-refractivity contribution is -0.142. The number of benzene rings is 1. The van der Waals surface area contributed by atoms with Gasteiger partial charge in [-0.25, -0.2) is 4.79 Å². The number of anilines is 1. The van der Waals surface area contributed by atoms with Crippen molar-refractivity contribution in [2.75, 3.05) is 5.32 Å². The summed E-state index contributed by atoms with van der Waals surface area (Å²) in [6.07, 6.45) is 3.87. The smallest absolute Gasteiger partial charge is 0.331 e. The number of carbonyl (C=O) groups is 2. The fourth-order valence-corrected chi connectivity index (χ4v) is 1.69. The highest BCUT2D eigenvalue weighted by Crippen LogP contribution is 2.13. The van der Waals surface area contributed by atoms with Crippen LogP contribution < -0.4 is 5.32 Å². The summed E-state index contributed by atoms with van der Waals surface area (Å²) >= 11 is 5.74. The molecule has 1 unspecified atom stereocenters. The quantitative estimate of drug-likeness (QED) is 0.645. The zero-order valence-corrected chi connectivity index (χ0v) is 12.3. The van der Waals surface area contributed by atoms with Crippen molar-refractivity contribution >= 4 is 29.2 Å². The summed E-state index contributed by atoms with van der Waals surface area (Å²) in [5, 5.41) is 3.20. The van der Waals surface area contributed by atoms with Gasteiger partial charge in [0.25, 0.3) is 0 Å². The van der Waals surface area contributed by atoms with Gasteiger partial charge in [-0.15, -0.1) is 0 Å². The van der Waals surface area contributed by atoms with E-state index in [1.54, 1.807) is 24.3 Å². The number of carbonyl (C=O) groups excluding carboxylic acids is 2. The molecule has 108 valence electrons. The first-order valence-electron chi connectivity index (χ1n) is 6.46. The van der Waals surface area contributed by atoms with E-state index in [0.717, 1.165) is 25.0 Å². The molecule has 1 rings (SSSR count). The van der Waals surface area contributed by atoms with Crippen LogP contribution in [-0.2, 0) is 14.3 Å². The molecule has 0 fully saturated rings. The third-order valence-corrected chi connectivity index (χ3v) is 2.75. The normalized spacial score (nSPS) is 12.2. The van der Waals surface area contributed by atoms with E-state index < -0.39 is 11.9 Å². The topological polar surface area (TPSA) is 55.4 Å². The minimum atomic E-state index is -0.516. The predicted molar refractivity (Wildman–Crippen MR) is 79.7 cm³/mol. The first-order chi connectivity index (χ1) is 9.51. The van der Waals surface area contributed by atoms with Crippen LogP contribution in [0, 0.1) is 0 Å². The standard InChI is InChI=1S/C15H18ClNO3/c1-3-4-11(2)20-15(19)10-9-14(18)17-13-7-5-12(16)6-8-13/h5-11H,3-4H2,1-2H3,(H,17,18)/b10-9+. The van der Waals surface area contributed by atoms with E-state index in [0.29, 0.717) is 10.7 Å². The van der Waals surface area contributed by atoms with Crippen molar-refractivity contribution in [3.05, 3.63) is 41.4 Å². The van der Waals surface area contributed by atoms with E-state index in [-0.39, 0.29) is 6.10 Å². The molecule has 0 saturated carbocycles. The van der Waals surface area contributed by atoms with Crippen LogP contribution in [0.4, 0.5) is 5.69 Å². The lowest BCUT2D eigenvalue weighted by Gasteiger charge is -2.09. The monoisotopic (exact) mass is 295 g/mol. The molecule has 1 aromatic rings. The molecule has 5 heteroatoms. The number of hydrogen-bond donors (Lipinski definition) is 1. The highest BCUT2D eigenvalue weighted by Gasteiger charge is 2.06. The Bertz CT molecular complexity index is 482. The van der Waals surface area contributed by atoms with Crippen LogP contribution in [0.1, 0.15) is 26.7 Å². The Morgan fingerprint density at radius 2 is 1.95 bits per heavy atom. The molecule has 1 amide bonds. The van der Waals surface area contributed by atoms with Gasteiger partial charge in [-0.05, 0) is 37.6 Å². The van der Waals surface area contributed by atoms with Crippen LogP contribution in [0.5, 0.6) is 0 Å². The predicted octanol–water partition coefficient (Wildman–Crippen LogP) is 3.57. The van der Waals surface area contributed by atoms with Crippen LogP contribution >= 0.6 is 11.6 Å². The second-order valence-electron chi connectivity index (χ2n) is 4.37. The van der Waals surface area contributed by atoms with Crippen LogP contribution in [0.15, 0.2) is 36.4 Å². The maximum Gasteiger partial charge on any atom is 0.331 e. The summed E-state index contributed by atoms with van der Waals surface area (Å²) in [5.41, 5.74) is 0.608. The molecule has 1 N–H and O–H groups in total. The lowest BCUT2D eigenvalue weighted by atomic mass is 10.2. The third-order valence-electron chi connectivity index (χ3n) is 2.50. The van der Waals surface area contributed by atoms with Gasteiger partial charge in [-0.3, -0.25) is 4.79 Å². The van der Waals surface area contributed by atoms with Crippen molar-refractivity contribution in [2.45, 2.75) is 32.8 Å². The third kappa shape index (κ3) is 6.38. The van der Waals surface area contributed by atoms with E-state index in [4.69, 9.17) is 16.3 Å². The van der Waals surface area contributed by atoms with Gasteiger partial charge in [0.1, 0.15) is 0 Å². The van der Waals surface area contributed by atoms with Crippen molar-refractivity contribution < 1.29 is 14.3 Å². The van der Waals surface area contributed by atoms with Crippen LogP contribution in [-0.4, -0.2) is 18.0 Å². The van der Waals surface area contributed by atoms with Crippen molar-refractivity contribution in [1.82, 2.24) is 0 Å². The minimum Gasteiger partial charge on any atom is -0.460 e. The molecule has 20 heavy (non-hydrogen) atoms. The summed E-state index contributed by atoms with van der Waals surface area (Å²) in [4.78, 5) is 23.0. The Kier molecular flexibility index (Phi) is 6.81. The molecule has 0 radical (unpaired) electrons. The summed E-state index contributed by atoms with van der Waals surface area (Å²) in [6.45, 7) is 3.84. The van der Waals surface area contributed by atoms with Crippen LogP contribution in [0.2, 0.25) is 5.02 Å². The molecular weight excluding hydrogens is 278 g/mol. The van der Waals surface area contributed by atoms with Crippen molar-refractivity contribution in [3.8, 4) is 0 Å². The van der Waals surface area contributed by atoms with Gasteiger partial charge >= 0.3 is 5.97 Å². The average Bonchev–Trinajstić information content (AvgIpc) is 2.39. The van der Waals surface area contributed by atoms with E-state index in [1.165, 1.54) is 0 Å². The molecule has 0 bridgehead atoms. The number of esters is 1. The van der Waals surface area contributed by atoms with Crippen molar-refractivity contribution in [1.29, 1.82) is 0 Å². The van der Waals surface area contributed by atoms with Gasteiger partial charge in [0.05, 0.1) is 6.10 Å². The van der Waals surface area contributed by atoms with Crippen molar-refractivity contribution in [3.63, 3.8) is 0 Å². The Morgan fingerprint density at radius 3 is 2.55 bits per heavy atom. The first kappa shape index (κ1) is 16.2. The maximum atomic E-state index is 11.6. The number of nitrogens with one attached hydrogen (secondary N) is 1. The molecule has 0 heterocycles. The van der Waals surface area contributed by atoms with Crippen LogP contribution in [0.25, 0.3) is 0 Å². The highest BCUT2D eigenvalue weighted by atomic mass is 35.5. The first-order valence-corrected chi connectivity index (χ1v) is 6.84. The van der Waals surface area contributed by atoms with E-state index in [2.05, 4.69) is 5.32 Å². The Hall–Kier alpha value is -1.81. The van der Waals surface area contributed by atoms with Crippen molar-refractivity contribution in [2.24, 2.45) is 0 Å². The summed E-state index contributed by atoms with van der Waals surface area (Å²) < 4.78 is 5.08. The molecule has 0 aliphatic heterocycles. The molecule has 0 saturated heterocycles. The van der Waals surface area contributed by atoms with Gasteiger partial charge in [-0.2, -0.15) is 0 Å². The number of halogens is 1. The Labute approximate surface area is 123 Å². The van der Waals surface area contributed by atoms with Gasteiger partial charge in [0, 0.05) is 22.9 Å². The SMILES string of the molecule is CCCC(C)OC(=O)/C=C/C(=O)Nc1ccc(Cl)cc1. The summed E-state index contributed by atoms with van der Waals surface area (Å²) in [7, 11) is 0. The van der Waals surface area contributed by atoms with E-state index in [1.807, 2.05) is 13.8 Å². The van der Waals surface area contributed by atoms with Gasteiger partial charge in [0.15, 0.2) is 0 Å². The minimum absolute atomic E-state index is 0.142. The molecule has 0 spiro atoms. The zero-order valence-electron chi connectivity index (χ0n) is 11.6. The molecular formula is C15H18ClNO3. The molecule has 1 atom stereocenters. The fourth-order valence-electron chi connectivity index (χ4n) is 1.56. The molecule has 4 nitrogen and oxygen atoms in total. The van der Waals surface area contributed by atoms with Gasteiger partial charge in [-0.1, -0.05) is 24.9 Å². The molecule has 0 aliphatic rings. The maximum absolute atomic E-state index is 11.6.